The highest BCUT2D eigenvalue weighted by Gasteiger charge is 2.31. The third-order valence-corrected chi connectivity index (χ3v) is 3.76. The highest BCUT2D eigenvalue weighted by atomic mass is 19.1. The van der Waals surface area contributed by atoms with Crippen LogP contribution in [0.2, 0.25) is 0 Å². The van der Waals surface area contributed by atoms with E-state index in [2.05, 4.69) is 5.32 Å². The lowest BCUT2D eigenvalue weighted by molar-refractivity contribution is -0.126. The molecule has 0 spiro atoms. The summed E-state index contributed by atoms with van der Waals surface area (Å²) in [7, 11) is 0. The zero-order valence-electron chi connectivity index (χ0n) is 10.7. The SMILES string of the molecule is NC[C@H]1CCC[C@H]1C(=O)NCc1cc(F)ccc1F. The third kappa shape index (κ3) is 3.29. The number of hydrogen-bond acceptors (Lipinski definition) is 2. The van der Waals surface area contributed by atoms with Crippen molar-refractivity contribution in [2.24, 2.45) is 17.6 Å². The number of hydrogen-bond donors (Lipinski definition) is 2. The average molecular weight is 268 g/mol. The van der Waals surface area contributed by atoms with Gasteiger partial charge in [0.2, 0.25) is 5.91 Å². The molecule has 1 fully saturated rings. The Labute approximate surface area is 111 Å². The average Bonchev–Trinajstić information content (AvgIpc) is 2.88. The van der Waals surface area contributed by atoms with Gasteiger partial charge in [-0.3, -0.25) is 4.79 Å². The molecule has 1 aromatic rings. The van der Waals surface area contributed by atoms with Crippen LogP contribution in [-0.2, 0) is 11.3 Å². The van der Waals surface area contributed by atoms with Crippen molar-refractivity contribution >= 4 is 5.91 Å². The number of amides is 1. The Morgan fingerprint density at radius 1 is 1.37 bits per heavy atom. The Kier molecular flexibility index (Phi) is 4.47. The zero-order valence-corrected chi connectivity index (χ0v) is 10.7. The van der Waals surface area contributed by atoms with Gasteiger partial charge < -0.3 is 11.1 Å². The van der Waals surface area contributed by atoms with Crippen LogP contribution in [-0.4, -0.2) is 12.5 Å². The summed E-state index contributed by atoms with van der Waals surface area (Å²) < 4.78 is 26.4. The van der Waals surface area contributed by atoms with E-state index in [0.717, 1.165) is 37.5 Å². The van der Waals surface area contributed by atoms with E-state index < -0.39 is 11.6 Å². The van der Waals surface area contributed by atoms with Crippen LogP contribution in [0.4, 0.5) is 8.78 Å². The summed E-state index contributed by atoms with van der Waals surface area (Å²) in [5, 5.41) is 2.67. The molecule has 0 aromatic heterocycles. The number of nitrogens with one attached hydrogen (secondary N) is 1. The lowest BCUT2D eigenvalue weighted by Crippen LogP contribution is -2.34. The van der Waals surface area contributed by atoms with Gasteiger partial charge in [-0.05, 0) is 43.5 Å². The maximum atomic E-state index is 13.4. The molecular formula is C14H18F2N2O. The van der Waals surface area contributed by atoms with Crippen molar-refractivity contribution in [2.75, 3.05) is 6.54 Å². The molecule has 1 aliphatic rings. The van der Waals surface area contributed by atoms with Gasteiger partial charge in [0.05, 0.1) is 0 Å². The Morgan fingerprint density at radius 3 is 2.89 bits per heavy atom. The van der Waals surface area contributed by atoms with Gasteiger partial charge in [0.25, 0.3) is 0 Å². The van der Waals surface area contributed by atoms with Gasteiger partial charge in [-0.15, -0.1) is 0 Å². The monoisotopic (exact) mass is 268 g/mol. The van der Waals surface area contributed by atoms with E-state index in [1.54, 1.807) is 0 Å². The predicted octanol–water partition coefficient (Wildman–Crippen LogP) is 1.96. The molecule has 0 saturated heterocycles. The van der Waals surface area contributed by atoms with Crippen LogP contribution in [0.25, 0.3) is 0 Å². The molecule has 104 valence electrons. The number of carbonyl (C=O) groups excluding carboxylic acids is 1. The summed E-state index contributed by atoms with van der Waals surface area (Å²) >= 11 is 0. The zero-order chi connectivity index (χ0) is 13.8. The number of rotatable bonds is 4. The first-order valence-electron chi connectivity index (χ1n) is 6.53. The molecule has 3 N–H and O–H groups in total. The van der Waals surface area contributed by atoms with Crippen molar-refractivity contribution in [3.63, 3.8) is 0 Å². The summed E-state index contributed by atoms with van der Waals surface area (Å²) in [5.74, 6) is -1.02. The number of carbonyl (C=O) groups is 1. The van der Waals surface area contributed by atoms with Gasteiger partial charge in [0.1, 0.15) is 11.6 Å². The van der Waals surface area contributed by atoms with Gasteiger partial charge in [-0.1, -0.05) is 6.42 Å². The second-order valence-electron chi connectivity index (χ2n) is 4.99. The summed E-state index contributed by atoms with van der Waals surface area (Å²) in [5.41, 5.74) is 5.79. The minimum atomic E-state index is -0.511. The van der Waals surface area contributed by atoms with E-state index in [1.807, 2.05) is 0 Å². The molecule has 1 aliphatic carbocycles. The second kappa shape index (κ2) is 6.10. The van der Waals surface area contributed by atoms with Gasteiger partial charge in [0.15, 0.2) is 0 Å². The third-order valence-electron chi connectivity index (χ3n) is 3.76. The van der Waals surface area contributed by atoms with E-state index in [4.69, 9.17) is 5.73 Å². The molecule has 0 radical (unpaired) electrons. The van der Waals surface area contributed by atoms with E-state index in [9.17, 15) is 13.6 Å². The van der Waals surface area contributed by atoms with Gasteiger partial charge in [0, 0.05) is 18.0 Å². The largest absolute Gasteiger partial charge is 0.352 e. The first kappa shape index (κ1) is 13.9. The van der Waals surface area contributed by atoms with Crippen LogP contribution in [0.15, 0.2) is 18.2 Å². The van der Waals surface area contributed by atoms with E-state index in [0.29, 0.717) is 6.54 Å². The quantitative estimate of drug-likeness (QED) is 0.877. The Balaban J connectivity index is 1.95. The number of halogens is 2. The molecule has 0 unspecified atom stereocenters. The van der Waals surface area contributed by atoms with Gasteiger partial charge >= 0.3 is 0 Å². The van der Waals surface area contributed by atoms with E-state index in [1.165, 1.54) is 0 Å². The first-order chi connectivity index (χ1) is 9.11. The van der Waals surface area contributed by atoms with Crippen LogP contribution in [0.5, 0.6) is 0 Å². The van der Waals surface area contributed by atoms with Crippen molar-refractivity contribution < 1.29 is 13.6 Å². The lowest BCUT2D eigenvalue weighted by Gasteiger charge is -2.17. The Hall–Kier alpha value is -1.49. The fourth-order valence-electron chi connectivity index (χ4n) is 2.66. The molecular weight excluding hydrogens is 250 g/mol. The van der Waals surface area contributed by atoms with Crippen LogP contribution in [0.1, 0.15) is 24.8 Å². The number of nitrogens with two attached hydrogens (primary N) is 1. The molecule has 0 heterocycles. The minimum absolute atomic E-state index is 0.0101. The van der Waals surface area contributed by atoms with Crippen molar-refractivity contribution in [3.8, 4) is 0 Å². The lowest BCUT2D eigenvalue weighted by atomic mass is 9.95. The van der Waals surface area contributed by atoms with Crippen LogP contribution in [0.3, 0.4) is 0 Å². The maximum Gasteiger partial charge on any atom is 0.223 e. The highest BCUT2D eigenvalue weighted by molar-refractivity contribution is 5.79. The van der Waals surface area contributed by atoms with Crippen molar-refractivity contribution in [1.29, 1.82) is 0 Å². The maximum absolute atomic E-state index is 13.4. The molecule has 3 nitrogen and oxygen atoms in total. The summed E-state index contributed by atoms with van der Waals surface area (Å²) in [4.78, 5) is 12.0. The molecule has 0 bridgehead atoms. The summed E-state index contributed by atoms with van der Waals surface area (Å²) in [6.07, 6.45) is 2.77. The van der Waals surface area contributed by atoms with E-state index in [-0.39, 0.29) is 29.9 Å². The smallest absolute Gasteiger partial charge is 0.223 e. The standard InChI is InChI=1S/C14H18F2N2O/c15-11-4-5-13(16)10(6-11)8-18-14(19)12-3-1-2-9(12)7-17/h4-6,9,12H,1-3,7-8,17H2,(H,18,19)/t9-,12-/m1/s1. The first-order valence-corrected chi connectivity index (χ1v) is 6.53. The van der Waals surface area contributed by atoms with E-state index >= 15 is 0 Å². The predicted molar refractivity (Wildman–Crippen MR) is 68.1 cm³/mol. The molecule has 19 heavy (non-hydrogen) atoms. The molecule has 5 heteroatoms. The van der Waals surface area contributed by atoms with Crippen molar-refractivity contribution in [2.45, 2.75) is 25.8 Å². The Morgan fingerprint density at radius 2 is 2.16 bits per heavy atom. The van der Waals surface area contributed by atoms with Crippen LogP contribution < -0.4 is 11.1 Å². The summed E-state index contributed by atoms with van der Waals surface area (Å²) in [6.45, 7) is 0.503. The van der Waals surface area contributed by atoms with Crippen LogP contribution >= 0.6 is 0 Å². The van der Waals surface area contributed by atoms with Gasteiger partial charge in [-0.2, -0.15) is 0 Å². The Bertz CT molecular complexity index is 465. The fourth-order valence-corrected chi connectivity index (χ4v) is 2.66. The second-order valence-corrected chi connectivity index (χ2v) is 4.99. The minimum Gasteiger partial charge on any atom is -0.352 e. The molecule has 1 amide bonds. The molecule has 1 saturated carbocycles. The molecule has 2 atom stereocenters. The highest BCUT2D eigenvalue weighted by Crippen LogP contribution is 2.31. The number of benzene rings is 1. The normalized spacial score (nSPS) is 22.5. The van der Waals surface area contributed by atoms with Crippen molar-refractivity contribution in [1.82, 2.24) is 5.32 Å². The van der Waals surface area contributed by atoms with Crippen molar-refractivity contribution in [3.05, 3.63) is 35.4 Å². The molecule has 1 aromatic carbocycles. The topological polar surface area (TPSA) is 55.1 Å². The summed E-state index contributed by atoms with van der Waals surface area (Å²) in [6, 6.07) is 3.22. The van der Waals surface area contributed by atoms with Crippen LogP contribution in [0, 0.1) is 23.5 Å². The van der Waals surface area contributed by atoms with Gasteiger partial charge in [-0.25, -0.2) is 8.78 Å². The molecule has 2 rings (SSSR count). The molecule has 0 aliphatic heterocycles. The fraction of sp³-hybridized carbons (Fsp3) is 0.500.